The van der Waals surface area contributed by atoms with E-state index in [0.29, 0.717) is 6.54 Å². The van der Waals surface area contributed by atoms with Crippen molar-refractivity contribution in [2.75, 3.05) is 10.6 Å². The van der Waals surface area contributed by atoms with Crippen LogP contribution in [-0.2, 0) is 17.8 Å². The fourth-order valence-corrected chi connectivity index (χ4v) is 2.26. The van der Waals surface area contributed by atoms with Gasteiger partial charge in [-0.3, -0.25) is 4.79 Å². The molecule has 3 nitrogen and oxygen atoms in total. The van der Waals surface area contributed by atoms with Crippen LogP contribution in [0.5, 0.6) is 0 Å². The number of para-hydroxylation sites is 1. The minimum absolute atomic E-state index is 0.0497. The van der Waals surface area contributed by atoms with E-state index >= 15 is 0 Å². The summed E-state index contributed by atoms with van der Waals surface area (Å²) in [5.74, 6) is -0.0497. The second-order valence-electron chi connectivity index (χ2n) is 5.14. The standard InChI is InChI=1S/C18H22N2O/c1-3-6-15-9-11-17(12-10-15)19-13-16-7-4-5-8-18(16)20-14(2)21/h4-5,7-12,19H,3,6,13H2,1-2H3,(H,20,21). The van der Waals surface area contributed by atoms with Gasteiger partial charge < -0.3 is 10.6 Å². The van der Waals surface area contributed by atoms with Crippen LogP contribution in [0.1, 0.15) is 31.4 Å². The first-order valence-corrected chi connectivity index (χ1v) is 7.37. The van der Waals surface area contributed by atoms with Crippen molar-refractivity contribution in [3.05, 3.63) is 59.7 Å². The molecule has 2 aromatic carbocycles. The Bertz CT molecular complexity index is 590. The highest BCUT2D eigenvalue weighted by atomic mass is 16.1. The van der Waals surface area contributed by atoms with Crippen LogP contribution in [0.25, 0.3) is 0 Å². The lowest BCUT2D eigenvalue weighted by Crippen LogP contribution is -2.10. The number of carbonyl (C=O) groups excluding carboxylic acids is 1. The molecule has 21 heavy (non-hydrogen) atoms. The molecule has 0 radical (unpaired) electrons. The summed E-state index contributed by atoms with van der Waals surface area (Å²) >= 11 is 0. The number of nitrogens with one attached hydrogen (secondary N) is 2. The molecule has 0 saturated carbocycles. The normalized spacial score (nSPS) is 10.2. The fourth-order valence-electron chi connectivity index (χ4n) is 2.26. The molecule has 0 atom stereocenters. The fraction of sp³-hybridized carbons (Fsp3) is 0.278. The van der Waals surface area contributed by atoms with Crippen molar-refractivity contribution in [1.82, 2.24) is 0 Å². The predicted octanol–water partition coefficient (Wildman–Crippen LogP) is 4.21. The Morgan fingerprint density at radius 2 is 1.76 bits per heavy atom. The summed E-state index contributed by atoms with van der Waals surface area (Å²) in [6.07, 6.45) is 2.28. The number of benzene rings is 2. The SMILES string of the molecule is CCCc1ccc(NCc2ccccc2NC(C)=O)cc1. The molecule has 2 rings (SSSR count). The smallest absolute Gasteiger partial charge is 0.221 e. The zero-order valence-corrected chi connectivity index (χ0v) is 12.6. The van der Waals surface area contributed by atoms with E-state index in [1.807, 2.05) is 24.3 Å². The van der Waals surface area contributed by atoms with Gasteiger partial charge >= 0.3 is 0 Å². The minimum atomic E-state index is -0.0497. The van der Waals surface area contributed by atoms with E-state index < -0.39 is 0 Å². The summed E-state index contributed by atoms with van der Waals surface area (Å²) in [5, 5.41) is 6.25. The lowest BCUT2D eigenvalue weighted by molar-refractivity contribution is -0.114. The van der Waals surface area contributed by atoms with Crippen LogP contribution in [-0.4, -0.2) is 5.91 Å². The van der Waals surface area contributed by atoms with E-state index in [1.165, 1.54) is 12.5 Å². The van der Waals surface area contributed by atoms with Crippen molar-refractivity contribution in [3.8, 4) is 0 Å². The molecule has 0 unspecified atom stereocenters. The summed E-state index contributed by atoms with van der Waals surface area (Å²) in [7, 11) is 0. The largest absolute Gasteiger partial charge is 0.381 e. The Morgan fingerprint density at radius 3 is 2.43 bits per heavy atom. The molecule has 3 heteroatoms. The molecule has 0 aliphatic carbocycles. The van der Waals surface area contributed by atoms with Crippen molar-refractivity contribution in [2.24, 2.45) is 0 Å². The number of rotatable bonds is 6. The third kappa shape index (κ3) is 4.63. The van der Waals surface area contributed by atoms with Crippen LogP contribution < -0.4 is 10.6 Å². The molecule has 0 aliphatic rings. The van der Waals surface area contributed by atoms with Crippen LogP contribution in [0.15, 0.2) is 48.5 Å². The topological polar surface area (TPSA) is 41.1 Å². The zero-order chi connectivity index (χ0) is 15.1. The van der Waals surface area contributed by atoms with Gasteiger partial charge in [0, 0.05) is 24.8 Å². The highest BCUT2D eigenvalue weighted by Gasteiger charge is 2.03. The van der Waals surface area contributed by atoms with Crippen molar-refractivity contribution >= 4 is 17.3 Å². The van der Waals surface area contributed by atoms with Gasteiger partial charge in [0.1, 0.15) is 0 Å². The number of amides is 1. The molecular formula is C18H22N2O. The van der Waals surface area contributed by atoms with Gasteiger partial charge in [-0.25, -0.2) is 0 Å². The molecule has 0 spiro atoms. The maximum Gasteiger partial charge on any atom is 0.221 e. The van der Waals surface area contributed by atoms with E-state index in [2.05, 4.69) is 41.8 Å². The molecule has 1 amide bonds. The van der Waals surface area contributed by atoms with Crippen molar-refractivity contribution in [2.45, 2.75) is 33.2 Å². The Labute approximate surface area is 126 Å². The van der Waals surface area contributed by atoms with Crippen LogP contribution in [0.2, 0.25) is 0 Å². The Balaban J connectivity index is 2.00. The summed E-state index contributed by atoms with van der Waals surface area (Å²) < 4.78 is 0. The predicted molar refractivity (Wildman–Crippen MR) is 88.5 cm³/mol. The van der Waals surface area contributed by atoms with E-state index in [4.69, 9.17) is 0 Å². The molecule has 0 heterocycles. The van der Waals surface area contributed by atoms with E-state index in [1.54, 1.807) is 0 Å². The Kier molecular flexibility index (Phi) is 5.38. The van der Waals surface area contributed by atoms with Gasteiger partial charge in [0.15, 0.2) is 0 Å². The van der Waals surface area contributed by atoms with Gasteiger partial charge in [0.25, 0.3) is 0 Å². The first-order valence-electron chi connectivity index (χ1n) is 7.37. The first kappa shape index (κ1) is 15.1. The summed E-state index contributed by atoms with van der Waals surface area (Å²) in [5.41, 5.74) is 4.39. The van der Waals surface area contributed by atoms with Gasteiger partial charge in [-0.15, -0.1) is 0 Å². The van der Waals surface area contributed by atoms with Gasteiger partial charge in [-0.1, -0.05) is 43.7 Å². The number of hydrogen-bond donors (Lipinski definition) is 2. The van der Waals surface area contributed by atoms with E-state index in [-0.39, 0.29) is 5.91 Å². The Morgan fingerprint density at radius 1 is 1.05 bits per heavy atom. The first-order chi connectivity index (χ1) is 10.2. The number of carbonyl (C=O) groups is 1. The highest BCUT2D eigenvalue weighted by molar-refractivity contribution is 5.89. The van der Waals surface area contributed by atoms with Crippen molar-refractivity contribution in [3.63, 3.8) is 0 Å². The number of hydrogen-bond acceptors (Lipinski definition) is 2. The van der Waals surface area contributed by atoms with Crippen LogP contribution in [0.4, 0.5) is 11.4 Å². The highest BCUT2D eigenvalue weighted by Crippen LogP contribution is 2.18. The van der Waals surface area contributed by atoms with Crippen LogP contribution in [0.3, 0.4) is 0 Å². The molecule has 110 valence electrons. The van der Waals surface area contributed by atoms with Crippen LogP contribution >= 0.6 is 0 Å². The minimum Gasteiger partial charge on any atom is -0.381 e. The maximum absolute atomic E-state index is 11.2. The van der Waals surface area contributed by atoms with E-state index in [0.717, 1.165) is 29.8 Å². The lowest BCUT2D eigenvalue weighted by Gasteiger charge is -2.12. The van der Waals surface area contributed by atoms with Gasteiger partial charge in [-0.2, -0.15) is 0 Å². The van der Waals surface area contributed by atoms with Crippen molar-refractivity contribution < 1.29 is 4.79 Å². The van der Waals surface area contributed by atoms with Gasteiger partial charge in [-0.05, 0) is 35.7 Å². The average Bonchev–Trinajstić information content (AvgIpc) is 2.48. The Hall–Kier alpha value is -2.29. The lowest BCUT2D eigenvalue weighted by atomic mass is 10.1. The van der Waals surface area contributed by atoms with Crippen LogP contribution in [0, 0.1) is 0 Å². The monoisotopic (exact) mass is 282 g/mol. The number of anilines is 2. The van der Waals surface area contributed by atoms with Gasteiger partial charge in [0.2, 0.25) is 5.91 Å². The molecule has 2 aromatic rings. The molecular weight excluding hydrogens is 260 g/mol. The third-order valence-corrected chi connectivity index (χ3v) is 3.30. The molecule has 0 fully saturated rings. The number of aryl methyl sites for hydroxylation is 1. The van der Waals surface area contributed by atoms with E-state index in [9.17, 15) is 4.79 Å². The molecule has 0 aliphatic heterocycles. The second-order valence-corrected chi connectivity index (χ2v) is 5.14. The summed E-state index contributed by atoms with van der Waals surface area (Å²) in [6, 6.07) is 16.4. The average molecular weight is 282 g/mol. The summed E-state index contributed by atoms with van der Waals surface area (Å²) in [4.78, 5) is 11.2. The third-order valence-electron chi connectivity index (χ3n) is 3.30. The second kappa shape index (κ2) is 7.48. The summed E-state index contributed by atoms with van der Waals surface area (Å²) in [6.45, 7) is 4.39. The molecule has 2 N–H and O–H groups in total. The molecule has 0 aromatic heterocycles. The zero-order valence-electron chi connectivity index (χ0n) is 12.6. The molecule has 0 bridgehead atoms. The maximum atomic E-state index is 11.2. The molecule has 0 saturated heterocycles. The van der Waals surface area contributed by atoms with Crippen molar-refractivity contribution in [1.29, 1.82) is 0 Å². The van der Waals surface area contributed by atoms with Gasteiger partial charge in [0.05, 0.1) is 0 Å². The quantitative estimate of drug-likeness (QED) is 0.833.